The maximum Gasteiger partial charge on any atom is 0.341 e. The Morgan fingerprint density at radius 2 is 1.86 bits per heavy atom. The highest BCUT2D eigenvalue weighted by Gasteiger charge is 2.19. The zero-order chi connectivity index (χ0) is 21.0. The third-order valence-corrected chi connectivity index (χ3v) is 4.47. The monoisotopic (exact) mass is 393 g/mol. The summed E-state index contributed by atoms with van der Waals surface area (Å²) >= 11 is 0. The zero-order valence-corrected chi connectivity index (χ0v) is 15.6. The molecule has 0 spiro atoms. The van der Waals surface area contributed by atoms with Crippen LogP contribution in [0.3, 0.4) is 0 Å². The van der Waals surface area contributed by atoms with Gasteiger partial charge in [-0.1, -0.05) is 42.5 Å². The second kappa shape index (κ2) is 8.39. The van der Waals surface area contributed by atoms with Gasteiger partial charge in [0.2, 0.25) is 0 Å². The first-order valence-corrected chi connectivity index (χ1v) is 8.85. The minimum Gasteiger partial charge on any atom is -0.452 e. The summed E-state index contributed by atoms with van der Waals surface area (Å²) in [4.78, 5) is 34.6. The number of nitrogens with zero attached hydrogens (tertiary/aromatic N) is 1. The van der Waals surface area contributed by atoms with E-state index in [1.54, 1.807) is 0 Å². The molecule has 1 atom stereocenters. The average Bonchev–Trinajstić information content (AvgIpc) is 2.71. The van der Waals surface area contributed by atoms with E-state index >= 15 is 0 Å². The van der Waals surface area contributed by atoms with Crippen molar-refractivity contribution < 1.29 is 19.2 Å². The highest BCUT2D eigenvalue weighted by molar-refractivity contribution is 5.97. The number of anilines is 1. The molecule has 3 N–H and O–H groups in total. The van der Waals surface area contributed by atoms with E-state index in [4.69, 9.17) is 10.5 Å². The van der Waals surface area contributed by atoms with E-state index in [-0.39, 0.29) is 23.0 Å². The summed E-state index contributed by atoms with van der Waals surface area (Å²) in [6.07, 6.45) is 0. The number of nitrogens with one attached hydrogen (secondary N) is 1. The van der Waals surface area contributed by atoms with Crippen LogP contribution in [0.2, 0.25) is 0 Å². The number of nitro groups is 1. The summed E-state index contributed by atoms with van der Waals surface area (Å²) < 4.78 is 4.98. The van der Waals surface area contributed by atoms with Crippen LogP contribution < -0.4 is 11.1 Å². The van der Waals surface area contributed by atoms with Crippen LogP contribution in [0.25, 0.3) is 10.8 Å². The number of esters is 1. The van der Waals surface area contributed by atoms with E-state index < -0.39 is 23.4 Å². The normalized spacial score (nSPS) is 11.6. The van der Waals surface area contributed by atoms with E-state index in [0.29, 0.717) is 0 Å². The Hall–Kier alpha value is -3.94. The van der Waals surface area contributed by atoms with E-state index in [9.17, 15) is 19.7 Å². The molecule has 148 valence electrons. The van der Waals surface area contributed by atoms with Crippen LogP contribution in [0, 0.1) is 10.1 Å². The van der Waals surface area contributed by atoms with Crippen molar-refractivity contribution in [2.75, 3.05) is 12.3 Å². The molecule has 0 aromatic heterocycles. The van der Waals surface area contributed by atoms with Crippen LogP contribution in [0.5, 0.6) is 0 Å². The quantitative estimate of drug-likeness (QED) is 0.286. The molecule has 0 radical (unpaired) electrons. The molecule has 1 amide bonds. The number of carbonyl (C=O) groups excluding carboxylic acids is 2. The van der Waals surface area contributed by atoms with Gasteiger partial charge < -0.3 is 15.8 Å². The third-order valence-electron chi connectivity index (χ3n) is 4.47. The number of non-ortho nitro benzene ring substituents is 1. The molecular weight excluding hydrogens is 374 g/mol. The van der Waals surface area contributed by atoms with E-state index in [2.05, 4.69) is 5.32 Å². The number of benzene rings is 3. The van der Waals surface area contributed by atoms with Gasteiger partial charge in [0.05, 0.1) is 16.5 Å². The lowest BCUT2D eigenvalue weighted by Crippen LogP contribution is -2.31. The Labute approximate surface area is 166 Å². The van der Waals surface area contributed by atoms with Gasteiger partial charge in [0.25, 0.3) is 11.6 Å². The lowest BCUT2D eigenvalue weighted by molar-refractivity contribution is -0.384. The van der Waals surface area contributed by atoms with Gasteiger partial charge in [-0.15, -0.1) is 0 Å². The maximum atomic E-state index is 12.2. The first-order valence-electron chi connectivity index (χ1n) is 8.85. The number of carbonyl (C=O) groups is 2. The molecule has 29 heavy (non-hydrogen) atoms. The number of nitrogen functional groups attached to an aromatic ring is 1. The molecule has 3 aromatic rings. The minimum absolute atomic E-state index is 0.0325. The lowest BCUT2D eigenvalue weighted by Gasteiger charge is -2.16. The fraction of sp³-hybridized carbons (Fsp3) is 0.143. The first kappa shape index (κ1) is 19.8. The average molecular weight is 393 g/mol. The number of nitro benzene ring substituents is 1. The molecule has 0 saturated carbocycles. The summed E-state index contributed by atoms with van der Waals surface area (Å²) in [5.74, 6) is -1.40. The number of amides is 1. The predicted molar refractivity (Wildman–Crippen MR) is 108 cm³/mol. The molecule has 0 heterocycles. The predicted octanol–water partition coefficient (Wildman–Crippen LogP) is 3.36. The fourth-order valence-electron chi connectivity index (χ4n) is 3.03. The van der Waals surface area contributed by atoms with Crippen molar-refractivity contribution in [1.29, 1.82) is 0 Å². The van der Waals surface area contributed by atoms with Crippen molar-refractivity contribution >= 4 is 34.0 Å². The molecule has 0 unspecified atom stereocenters. The highest BCUT2D eigenvalue weighted by atomic mass is 16.6. The van der Waals surface area contributed by atoms with E-state index in [0.717, 1.165) is 22.4 Å². The number of hydrogen-bond acceptors (Lipinski definition) is 6. The molecule has 3 aromatic carbocycles. The van der Waals surface area contributed by atoms with Crippen molar-refractivity contribution in [2.45, 2.75) is 13.0 Å². The number of hydrogen-bond donors (Lipinski definition) is 2. The summed E-state index contributed by atoms with van der Waals surface area (Å²) in [6, 6.07) is 16.8. The Bertz CT molecular complexity index is 1090. The van der Waals surface area contributed by atoms with Crippen LogP contribution in [-0.2, 0) is 9.53 Å². The topological polar surface area (TPSA) is 125 Å². The number of fused-ring (bicyclic) bond motifs is 1. The molecule has 0 aliphatic carbocycles. The first-order chi connectivity index (χ1) is 13.9. The molecule has 0 saturated heterocycles. The molecule has 0 bridgehead atoms. The van der Waals surface area contributed by atoms with Gasteiger partial charge >= 0.3 is 5.97 Å². The van der Waals surface area contributed by atoms with Crippen LogP contribution in [-0.4, -0.2) is 23.4 Å². The summed E-state index contributed by atoms with van der Waals surface area (Å²) in [5.41, 5.74) is 6.20. The summed E-state index contributed by atoms with van der Waals surface area (Å²) in [5, 5.41) is 15.7. The van der Waals surface area contributed by atoms with Gasteiger partial charge in [-0.3, -0.25) is 14.9 Å². The second-order valence-corrected chi connectivity index (χ2v) is 6.46. The highest BCUT2D eigenvalue weighted by Crippen LogP contribution is 2.24. The SMILES string of the molecule is C[C@@H](NC(=O)COC(=O)c1cc([N+](=O)[O-])ccc1N)c1cccc2ccccc12. The Kier molecular flexibility index (Phi) is 5.73. The number of nitrogens with two attached hydrogens (primary N) is 1. The smallest absolute Gasteiger partial charge is 0.341 e. The van der Waals surface area contributed by atoms with Crippen LogP contribution in [0.1, 0.15) is 28.9 Å². The van der Waals surface area contributed by atoms with Crippen molar-refractivity contribution in [3.8, 4) is 0 Å². The van der Waals surface area contributed by atoms with Gasteiger partial charge in [-0.2, -0.15) is 0 Å². The fourth-order valence-corrected chi connectivity index (χ4v) is 3.03. The summed E-state index contributed by atoms with van der Waals surface area (Å²) in [7, 11) is 0. The van der Waals surface area contributed by atoms with Crippen molar-refractivity contribution in [3.63, 3.8) is 0 Å². The van der Waals surface area contributed by atoms with Crippen molar-refractivity contribution in [2.24, 2.45) is 0 Å². The van der Waals surface area contributed by atoms with Gasteiger partial charge in [0.15, 0.2) is 6.61 Å². The van der Waals surface area contributed by atoms with E-state index in [1.807, 2.05) is 49.4 Å². The van der Waals surface area contributed by atoms with Crippen molar-refractivity contribution in [1.82, 2.24) is 5.32 Å². The largest absolute Gasteiger partial charge is 0.452 e. The van der Waals surface area contributed by atoms with Gasteiger partial charge in [0, 0.05) is 17.8 Å². The molecule has 8 nitrogen and oxygen atoms in total. The van der Waals surface area contributed by atoms with Crippen LogP contribution in [0.15, 0.2) is 60.7 Å². The molecule has 8 heteroatoms. The molecule has 3 rings (SSSR count). The van der Waals surface area contributed by atoms with E-state index in [1.165, 1.54) is 12.1 Å². The molecular formula is C21H19N3O5. The third kappa shape index (κ3) is 4.49. The zero-order valence-electron chi connectivity index (χ0n) is 15.6. The number of rotatable bonds is 6. The minimum atomic E-state index is -0.904. The molecule has 0 aliphatic heterocycles. The van der Waals surface area contributed by atoms with Crippen molar-refractivity contribution in [3.05, 3.63) is 81.9 Å². The lowest BCUT2D eigenvalue weighted by atomic mass is 10.00. The second-order valence-electron chi connectivity index (χ2n) is 6.46. The van der Waals surface area contributed by atoms with Gasteiger partial charge in [-0.05, 0) is 29.3 Å². The van der Waals surface area contributed by atoms with Gasteiger partial charge in [-0.25, -0.2) is 4.79 Å². The Morgan fingerprint density at radius 3 is 2.62 bits per heavy atom. The van der Waals surface area contributed by atoms with Crippen LogP contribution >= 0.6 is 0 Å². The molecule has 0 aliphatic rings. The number of ether oxygens (including phenoxy) is 1. The maximum absolute atomic E-state index is 12.2. The van der Waals surface area contributed by atoms with Crippen LogP contribution in [0.4, 0.5) is 11.4 Å². The van der Waals surface area contributed by atoms with Gasteiger partial charge in [0.1, 0.15) is 0 Å². The Balaban J connectivity index is 1.64. The standard InChI is InChI=1S/C21H19N3O5/c1-13(16-8-4-6-14-5-2-3-7-17(14)16)23-20(25)12-29-21(26)18-11-15(24(27)28)9-10-19(18)22/h2-11,13H,12,22H2,1H3,(H,23,25)/t13-/m1/s1. The molecule has 0 fully saturated rings. The summed E-state index contributed by atoms with van der Waals surface area (Å²) in [6.45, 7) is 1.30. The Morgan fingerprint density at radius 1 is 1.14 bits per heavy atom.